The van der Waals surface area contributed by atoms with Gasteiger partial charge >= 0.3 is 0 Å². The molecule has 1 aromatic carbocycles. The zero-order valence-electron chi connectivity index (χ0n) is 14.6. The minimum atomic E-state index is 0.218. The Labute approximate surface area is 156 Å². The Morgan fingerprint density at radius 2 is 2.19 bits per heavy atom. The van der Waals surface area contributed by atoms with E-state index in [0.717, 1.165) is 42.3 Å². The van der Waals surface area contributed by atoms with E-state index in [1.54, 1.807) is 17.4 Å². The summed E-state index contributed by atoms with van der Waals surface area (Å²) in [6.07, 6.45) is 7.17. The van der Waals surface area contributed by atoms with Gasteiger partial charge in [-0.1, -0.05) is 18.2 Å². The molecule has 0 bridgehead atoms. The maximum Gasteiger partial charge on any atom is 0.222 e. The fraction of sp³-hybridized carbons (Fsp3) is 0.286. The molecule has 0 atom stereocenters. The molecule has 2 N–H and O–H groups in total. The van der Waals surface area contributed by atoms with Crippen LogP contribution in [0.5, 0.6) is 5.75 Å². The van der Waals surface area contributed by atoms with Crippen LogP contribution in [0.4, 0.5) is 0 Å². The van der Waals surface area contributed by atoms with E-state index in [0.29, 0.717) is 18.7 Å². The van der Waals surface area contributed by atoms with E-state index in [1.165, 1.54) is 10.5 Å². The number of aromatic nitrogens is 1. The number of rotatable bonds is 5. The smallest absolute Gasteiger partial charge is 0.222 e. The van der Waals surface area contributed by atoms with Gasteiger partial charge in [0.25, 0.3) is 0 Å². The zero-order valence-corrected chi connectivity index (χ0v) is 15.4. The van der Waals surface area contributed by atoms with E-state index in [9.17, 15) is 9.90 Å². The third-order valence-corrected chi connectivity index (χ3v) is 5.95. The van der Waals surface area contributed by atoms with Gasteiger partial charge in [0, 0.05) is 41.5 Å². The van der Waals surface area contributed by atoms with Gasteiger partial charge in [-0.25, -0.2) is 0 Å². The van der Waals surface area contributed by atoms with Gasteiger partial charge in [0.2, 0.25) is 5.91 Å². The highest BCUT2D eigenvalue weighted by Gasteiger charge is 2.18. The second-order valence-electron chi connectivity index (χ2n) is 6.66. The molecule has 0 saturated carbocycles. The molecule has 4 rings (SSSR count). The first kappa shape index (κ1) is 16.9. The van der Waals surface area contributed by atoms with Crippen LogP contribution in [0.1, 0.15) is 29.7 Å². The van der Waals surface area contributed by atoms with Crippen LogP contribution in [-0.2, 0) is 11.2 Å². The van der Waals surface area contributed by atoms with Crippen LogP contribution in [0.2, 0.25) is 0 Å². The lowest BCUT2D eigenvalue weighted by atomic mass is 10.0. The number of carbonyl (C=O) groups is 1. The topological polar surface area (TPSA) is 56.3 Å². The summed E-state index contributed by atoms with van der Waals surface area (Å²) in [4.78, 5) is 18.9. The van der Waals surface area contributed by atoms with Gasteiger partial charge in [-0.2, -0.15) is 0 Å². The molecule has 0 radical (unpaired) electrons. The third kappa shape index (κ3) is 3.40. The van der Waals surface area contributed by atoms with E-state index >= 15 is 0 Å². The van der Waals surface area contributed by atoms with Crippen LogP contribution < -0.4 is 0 Å². The lowest BCUT2D eigenvalue weighted by Crippen LogP contribution is -2.34. The summed E-state index contributed by atoms with van der Waals surface area (Å²) in [7, 11) is 0. The van der Waals surface area contributed by atoms with E-state index in [4.69, 9.17) is 0 Å². The van der Waals surface area contributed by atoms with E-state index < -0.39 is 0 Å². The van der Waals surface area contributed by atoms with Gasteiger partial charge in [-0.15, -0.1) is 11.3 Å². The predicted molar refractivity (Wildman–Crippen MR) is 106 cm³/mol. The Balaban J connectivity index is 1.32. The first-order chi connectivity index (χ1) is 12.7. The molecule has 5 heteroatoms. The first-order valence-corrected chi connectivity index (χ1v) is 9.89. The summed E-state index contributed by atoms with van der Waals surface area (Å²) in [6.45, 7) is 1.51. The molecule has 0 aliphatic carbocycles. The number of thiophene rings is 1. The second kappa shape index (κ2) is 7.38. The Kier molecular flexibility index (Phi) is 4.80. The first-order valence-electron chi connectivity index (χ1n) is 9.01. The SMILES string of the molecule is O=C(CCCc1c[nH]c2cccc(O)c12)N1CC=C(c2cccs2)CC1. The van der Waals surface area contributed by atoms with Gasteiger partial charge in [0.1, 0.15) is 5.75 Å². The summed E-state index contributed by atoms with van der Waals surface area (Å²) in [5, 5.41) is 13.0. The number of aromatic hydroxyl groups is 1. The number of aryl methyl sites for hydroxylation is 1. The summed E-state index contributed by atoms with van der Waals surface area (Å²) in [5.41, 5.74) is 3.37. The van der Waals surface area contributed by atoms with E-state index in [2.05, 4.69) is 28.6 Å². The Morgan fingerprint density at radius 1 is 1.27 bits per heavy atom. The fourth-order valence-corrected chi connectivity index (χ4v) is 4.40. The molecule has 0 spiro atoms. The monoisotopic (exact) mass is 366 g/mol. The van der Waals surface area contributed by atoms with E-state index in [-0.39, 0.29) is 5.91 Å². The van der Waals surface area contributed by atoms with Crippen LogP contribution in [0.3, 0.4) is 0 Å². The van der Waals surface area contributed by atoms with Gasteiger partial charge in [0.05, 0.1) is 0 Å². The van der Waals surface area contributed by atoms with Crippen molar-refractivity contribution in [3.63, 3.8) is 0 Å². The van der Waals surface area contributed by atoms with Crippen molar-refractivity contribution < 1.29 is 9.90 Å². The average molecular weight is 366 g/mol. The number of carbonyl (C=O) groups excluding carboxylic acids is 1. The number of hydrogen-bond acceptors (Lipinski definition) is 3. The highest BCUT2D eigenvalue weighted by Crippen LogP contribution is 2.29. The zero-order chi connectivity index (χ0) is 17.9. The maximum absolute atomic E-state index is 12.5. The lowest BCUT2D eigenvalue weighted by Gasteiger charge is -2.26. The number of benzene rings is 1. The molecule has 1 aliphatic heterocycles. The molecule has 1 amide bonds. The molecule has 4 nitrogen and oxygen atoms in total. The van der Waals surface area contributed by atoms with Crippen molar-refractivity contribution in [2.75, 3.05) is 13.1 Å². The van der Waals surface area contributed by atoms with Crippen molar-refractivity contribution in [3.05, 3.63) is 58.4 Å². The summed E-state index contributed by atoms with van der Waals surface area (Å²) >= 11 is 1.76. The predicted octanol–water partition coefficient (Wildman–Crippen LogP) is 4.57. The van der Waals surface area contributed by atoms with Crippen LogP contribution >= 0.6 is 11.3 Å². The standard InChI is InChI=1S/C21H22N2O2S/c24-18-6-2-5-17-21(18)16(14-22-17)4-1-8-20(25)23-11-9-15(10-12-23)19-7-3-13-26-19/h2-3,5-7,9,13-14,22,24H,1,4,8,10-12H2. The van der Waals surface area contributed by atoms with Crippen LogP contribution in [0, 0.1) is 0 Å². The number of fused-ring (bicyclic) bond motifs is 1. The Bertz CT molecular complexity index is 940. The van der Waals surface area contributed by atoms with Crippen molar-refractivity contribution in [2.45, 2.75) is 25.7 Å². The molecule has 1 aliphatic rings. The van der Waals surface area contributed by atoms with Crippen LogP contribution in [0.15, 0.2) is 48.0 Å². The second-order valence-corrected chi connectivity index (χ2v) is 7.61. The molecule has 134 valence electrons. The normalized spacial score (nSPS) is 14.6. The van der Waals surface area contributed by atoms with E-state index in [1.807, 2.05) is 23.2 Å². The number of H-pyrrole nitrogens is 1. The maximum atomic E-state index is 12.5. The quantitative estimate of drug-likeness (QED) is 0.695. The number of hydrogen-bond donors (Lipinski definition) is 2. The minimum Gasteiger partial charge on any atom is -0.507 e. The van der Waals surface area contributed by atoms with Crippen LogP contribution in [0.25, 0.3) is 16.5 Å². The third-order valence-electron chi connectivity index (χ3n) is 5.00. The number of phenolic OH excluding ortho intramolecular Hbond substituents is 1. The summed E-state index contributed by atoms with van der Waals surface area (Å²) < 4.78 is 0. The molecule has 0 fully saturated rings. The van der Waals surface area contributed by atoms with Crippen molar-refractivity contribution >= 4 is 33.7 Å². The van der Waals surface area contributed by atoms with Crippen LogP contribution in [-0.4, -0.2) is 34.0 Å². The van der Waals surface area contributed by atoms with Gasteiger partial charge < -0.3 is 15.0 Å². The summed E-state index contributed by atoms with van der Waals surface area (Å²) in [6, 6.07) is 9.70. The molecule has 3 heterocycles. The fourth-order valence-electron chi connectivity index (χ4n) is 3.60. The largest absolute Gasteiger partial charge is 0.507 e. The Morgan fingerprint density at radius 3 is 2.96 bits per heavy atom. The Hall–Kier alpha value is -2.53. The van der Waals surface area contributed by atoms with Crippen molar-refractivity contribution in [3.8, 4) is 5.75 Å². The van der Waals surface area contributed by atoms with Gasteiger partial charge in [0.15, 0.2) is 0 Å². The van der Waals surface area contributed by atoms with Gasteiger partial charge in [-0.05, 0) is 54.0 Å². The highest BCUT2D eigenvalue weighted by molar-refractivity contribution is 7.11. The number of amides is 1. The number of aromatic amines is 1. The van der Waals surface area contributed by atoms with Crippen molar-refractivity contribution in [1.82, 2.24) is 9.88 Å². The minimum absolute atomic E-state index is 0.218. The number of nitrogens with zero attached hydrogens (tertiary/aromatic N) is 1. The van der Waals surface area contributed by atoms with Crippen molar-refractivity contribution in [1.29, 1.82) is 0 Å². The summed E-state index contributed by atoms with van der Waals surface area (Å²) in [5.74, 6) is 0.517. The lowest BCUT2D eigenvalue weighted by molar-refractivity contribution is -0.130. The number of nitrogens with one attached hydrogen (secondary N) is 1. The molecule has 0 saturated heterocycles. The molecule has 26 heavy (non-hydrogen) atoms. The molecule has 0 unspecified atom stereocenters. The number of phenols is 1. The molecule has 2 aromatic heterocycles. The molecular weight excluding hydrogens is 344 g/mol. The molecular formula is C21H22N2O2S. The molecule has 3 aromatic rings. The van der Waals surface area contributed by atoms with Crippen molar-refractivity contribution in [2.24, 2.45) is 0 Å². The average Bonchev–Trinajstić information content (AvgIpc) is 3.33. The highest BCUT2D eigenvalue weighted by atomic mass is 32.1. The van der Waals surface area contributed by atoms with Gasteiger partial charge in [-0.3, -0.25) is 4.79 Å².